The molecule has 7 heteroatoms. The summed E-state index contributed by atoms with van der Waals surface area (Å²) >= 11 is 0. The number of aliphatic carboxylic acids is 3. The first kappa shape index (κ1) is 37.1. The van der Waals surface area contributed by atoms with Gasteiger partial charge in [0.2, 0.25) is 0 Å². The van der Waals surface area contributed by atoms with E-state index in [1.807, 2.05) is 0 Å². The maximum atomic E-state index is 11.8. The zero-order valence-corrected chi connectivity index (χ0v) is 25.5. The van der Waals surface area contributed by atoms with Crippen LogP contribution < -0.4 is 0 Å². The number of quaternary nitrogens is 1. The maximum absolute atomic E-state index is 11.8. The van der Waals surface area contributed by atoms with Crippen molar-refractivity contribution in [3.8, 4) is 0 Å². The maximum Gasteiger partial charge on any atom is 0.362 e. The quantitative estimate of drug-likeness (QED) is 0.0536. The second-order valence-corrected chi connectivity index (χ2v) is 11.5. The van der Waals surface area contributed by atoms with E-state index >= 15 is 0 Å². The molecule has 0 aromatic heterocycles. The standard InChI is InChI=1S/C32H59NO6/c1-5-6-7-8-9-10-11-12-13-14-15-16-17-18-19-20-21-22-23-24-25-26-33(27(2)30(34)35,28(3)31(36)37)29(4)32(38)39/h20-21,27-29H,5-19,22-26H2,1-4H3,(H2-,34,35,36,37,38,39)/p+1/b21-20+. The minimum atomic E-state index is -1.18. The third-order valence-corrected chi connectivity index (χ3v) is 8.54. The first-order valence-electron chi connectivity index (χ1n) is 15.8. The van der Waals surface area contributed by atoms with Crippen molar-refractivity contribution in [2.24, 2.45) is 0 Å². The molecule has 0 spiro atoms. The number of hydrogen-bond donors (Lipinski definition) is 3. The van der Waals surface area contributed by atoms with Crippen molar-refractivity contribution in [3.05, 3.63) is 12.2 Å². The minimum Gasteiger partial charge on any atom is -0.477 e. The SMILES string of the molecule is CCCCCCCCCCCCCCCC/C=C/CCCCC[N+](C(C)C(=O)O)(C(C)C(=O)O)C(C)C(=O)O. The molecule has 3 atom stereocenters. The Bertz CT molecular complexity index is 642. The minimum absolute atomic E-state index is 0.206. The smallest absolute Gasteiger partial charge is 0.362 e. The van der Waals surface area contributed by atoms with E-state index in [-0.39, 0.29) is 6.54 Å². The lowest BCUT2D eigenvalue weighted by atomic mass is 10.00. The Labute approximate surface area is 238 Å². The summed E-state index contributed by atoms with van der Waals surface area (Å²) in [5, 5.41) is 28.9. The number of rotatable bonds is 27. The summed E-state index contributed by atoms with van der Waals surface area (Å²) in [4.78, 5) is 35.4. The molecule has 0 aliphatic heterocycles. The predicted octanol–water partition coefficient (Wildman–Crippen LogP) is 8.21. The molecule has 228 valence electrons. The zero-order valence-electron chi connectivity index (χ0n) is 25.5. The Hall–Kier alpha value is -1.89. The van der Waals surface area contributed by atoms with Crippen LogP contribution in [-0.4, -0.2) is 62.4 Å². The lowest BCUT2D eigenvalue weighted by Crippen LogP contribution is -2.70. The van der Waals surface area contributed by atoms with E-state index in [1.54, 1.807) is 0 Å². The Balaban J connectivity index is 4.08. The van der Waals surface area contributed by atoms with Crippen LogP contribution in [0.3, 0.4) is 0 Å². The van der Waals surface area contributed by atoms with Crippen molar-refractivity contribution in [1.29, 1.82) is 0 Å². The largest absolute Gasteiger partial charge is 0.477 e. The Morgan fingerprint density at radius 3 is 1.10 bits per heavy atom. The molecule has 3 unspecified atom stereocenters. The highest BCUT2D eigenvalue weighted by atomic mass is 16.4. The van der Waals surface area contributed by atoms with Gasteiger partial charge in [-0.2, -0.15) is 0 Å². The third-order valence-electron chi connectivity index (χ3n) is 8.54. The van der Waals surface area contributed by atoms with Crippen LogP contribution in [0.25, 0.3) is 0 Å². The molecule has 0 radical (unpaired) electrons. The van der Waals surface area contributed by atoms with E-state index in [0.717, 1.165) is 25.7 Å². The van der Waals surface area contributed by atoms with E-state index < -0.39 is 40.5 Å². The highest BCUT2D eigenvalue weighted by molar-refractivity contribution is 5.77. The van der Waals surface area contributed by atoms with Gasteiger partial charge in [-0.1, -0.05) is 103 Å². The fraction of sp³-hybridized carbons (Fsp3) is 0.844. The van der Waals surface area contributed by atoms with Gasteiger partial charge in [-0.05, 0) is 59.3 Å². The van der Waals surface area contributed by atoms with Crippen LogP contribution in [-0.2, 0) is 14.4 Å². The van der Waals surface area contributed by atoms with Gasteiger partial charge in [-0.3, -0.25) is 4.48 Å². The average Bonchev–Trinajstić information content (AvgIpc) is 2.90. The molecule has 0 fully saturated rings. The van der Waals surface area contributed by atoms with Gasteiger partial charge < -0.3 is 15.3 Å². The second-order valence-electron chi connectivity index (χ2n) is 11.5. The molecule has 39 heavy (non-hydrogen) atoms. The summed E-state index contributed by atoms with van der Waals surface area (Å²) in [6.07, 6.45) is 27.9. The fourth-order valence-corrected chi connectivity index (χ4v) is 5.72. The molecule has 0 saturated heterocycles. The number of carboxylic acids is 3. The summed E-state index contributed by atoms with van der Waals surface area (Å²) in [6, 6.07) is -3.40. The first-order chi connectivity index (χ1) is 18.6. The van der Waals surface area contributed by atoms with Crippen molar-refractivity contribution in [2.75, 3.05) is 6.54 Å². The van der Waals surface area contributed by atoms with Crippen molar-refractivity contribution in [1.82, 2.24) is 0 Å². The zero-order chi connectivity index (χ0) is 29.5. The van der Waals surface area contributed by atoms with Crippen LogP contribution in [0.4, 0.5) is 0 Å². The lowest BCUT2D eigenvalue weighted by Gasteiger charge is -2.47. The third kappa shape index (κ3) is 15.5. The molecule has 0 aromatic rings. The number of hydrogen-bond acceptors (Lipinski definition) is 3. The molecule has 0 heterocycles. The van der Waals surface area contributed by atoms with E-state index in [4.69, 9.17) is 0 Å². The fourth-order valence-electron chi connectivity index (χ4n) is 5.72. The van der Waals surface area contributed by atoms with Crippen LogP contribution in [0.15, 0.2) is 12.2 Å². The van der Waals surface area contributed by atoms with Crippen LogP contribution in [0.2, 0.25) is 0 Å². The number of carbonyl (C=O) groups is 3. The van der Waals surface area contributed by atoms with E-state index in [9.17, 15) is 29.7 Å². The summed E-state index contributed by atoms with van der Waals surface area (Å²) in [7, 11) is 0. The van der Waals surface area contributed by atoms with Crippen LogP contribution in [0.5, 0.6) is 0 Å². The Morgan fingerprint density at radius 2 is 0.795 bits per heavy atom. The van der Waals surface area contributed by atoms with Crippen molar-refractivity contribution < 1.29 is 34.2 Å². The number of carboxylic acid groups (broad SMARTS) is 3. The van der Waals surface area contributed by atoms with Gasteiger partial charge in [0.25, 0.3) is 0 Å². The lowest BCUT2D eigenvalue weighted by molar-refractivity contribution is -0.968. The highest BCUT2D eigenvalue weighted by Gasteiger charge is 2.52. The second kappa shape index (κ2) is 22.9. The molecular weight excluding hydrogens is 494 g/mol. The number of allylic oxidation sites excluding steroid dienone is 2. The summed E-state index contributed by atoms with van der Waals surface area (Å²) in [5.41, 5.74) is 0. The summed E-state index contributed by atoms with van der Waals surface area (Å²) in [5.74, 6) is -3.53. The molecule has 0 amide bonds. The molecule has 0 aliphatic rings. The van der Waals surface area contributed by atoms with Gasteiger partial charge in [-0.25, -0.2) is 14.4 Å². The molecule has 7 nitrogen and oxygen atoms in total. The van der Waals surface area contributed by atoms with E-state index in [2.05, 4.69) is 19.1 Å². The molecular formula is C32H60NO6+. The van der Waals surface area contributed by atoms with Crippen molar-refractivity contribution in [2.45, 2.75) is 168 Å². The van der Waals surface area contributed by atoms with E-state index in [1.165, 1.54) is 111 Å². The van der Waals surface area contributed by atoms with Crippen LogP contribution >= 0.6 is 0 Å². The van der Waals surface area contributed by atoms with E-state index in [0.29, 0.717) is 6.42 Å². The van der Waals surface area contributed by atoms with Crippen LogP contribution in [0, 0.1) is 0 Å². The molecule has 0 rings (SSSR count). The first-order valence-corrected chi connectivity index (χ1v) is 15.8. The van der Waals surface area contributed by atoms with Crippen LogP contribution in [0.1, 0.15) is 150 Å². The molecule has 0 bridgehead atoms. The number of nitrogens with zero attached hydrogens (tertiary/aromatic N) is 1. The van der Waals surface area contributed by atoms with Gasteiger partial charge in [-0.15, -0.1) is 0 Å². The van der Waals surface area contributed by atoms with Gasteiger partial charge in [0.05, 0.1) is 6.54 Å². The monoisotopic (exact) mass is 554 g/mol. The topological polar surface area (TPSA) is 112 Å². The van der Waals surface area contributed by atoms with Gasteiger partial charge in [0.15, 0.2) is 18.1 Å². The average molecular weight is 555 g/mol. The van der Waals surface area contributed by atoms with Gasteiger partial charge in [0, 0.05) is 0 Å². The summed E-state index contributed by atoms with van der Waals surface area (Å²) < 4.78 is -0.491. The highest BCUT2D eigenvalue weighted by Crippen LogP contribution is 2.27. The number of unbranched alkanes of at least 4 members (excludes halogenated alkanes) is 17. The molecule has 0 saturated carbocycles. The van der Waals surface area contributed by atoms with Crippen molar-refractivity contribution >= 4 is 17.9 Å². The van der Waals surface area contributed by atoms with Gasteiger partial charge in [0.1, 0.15) is 0 Å². The molecule has 0 aliphatic carbocycles. The molecule has 3 N–H and O–H groups in total. The van der Waals surface area contributed by atoms with Crippen molar-refractivity contribution in [3.63, 3.8) is 0 Å². The normalized spacial score (nSPS) is 15.6. The summed E-state index contributed by atoms with van der Waals surface area (Å²) in [6.45, 7) is 6.73. The Kier molecular flexibility index (Phi) is 21.8. The predicted molar refractivity (Wildman–Crippen MR) is 159 cm³/mol. The Morgan fingerprint density at radius 1 is 0.513 bits per heavy atom. The van der Waals surface area contributed by atoms with Gasteiger partial charge >= 0.3 is 17.9 Å². The molecule has 0 aromatic carbocycles.